The number of nitrogens with two attached hydrogens (primary N) is 3. The lowest BCUT2D eigenvalue weighted by molar-refractivity contribution is -0.385. The number of anilines is 3. The molecule has 2 aromatic rings. The van der Waals surface area contributed by atoms with Gasteiger partial charge >= 0.3 is 0 Å². The van der Waals surface area contributed by atoms with E-state index in [0.717, 1.165) is 11.8 Å². The lowest BCUT2D eigenvalue weighted by Gasteiger charge is -1.97. The summed E-state index contributed by atoms with van der Waals surface area (Å²) in [5.74, 6) is 0.815. The fourth-order valence-corrected chi connectivity index (χ4v) is 1.35. The van der Waals surface area contributed by atoms with Crippen LogP contribution >= 0.6 is 0 Å². The average Bonchev–Trinajstić information content (AvgIpc) is 2.34. The first-order chi connectivity index (χ1) is 9.31. The van der Waals surface area contributed by atoms with Gasteiger partial charge in [-0.2, -0.15) is 0 Å². The number of hydrogen-bond acceptors (Lipinski definition) is 7. The highest BCUT2D eigenvalue weighted by Gasteiger charge is 2.09. The highest BCUT2D eigenvalue weighted by Crippen LogP contribution is 2.16. The molecule has 0 aromatic carbocycles. The highest BCUT2D eigenvalue weighted by molar-refractivity contribution is 5.48. The van der Waals surface area contributed by atoms with Crippen molar-refractivity contribution in [1.82, 2.24) is 9.97 Å². The monoisotopic (exact) mass is 292 g/mol. The van der Waals surface area contributed by atoms with Gasteiger partial charge in [0.05, 0.1) is 16.8 Å². The van der Waals surface area contributed by atoms with Gasteiger partial charge in [0.25, 0.3) is 5.69 Å². The van der Waals surface area contributed by atoms with Crippen molar-refractivity contribution in [3.63, 3.8) is 0 Å². The van der Waals surface area contributed by atoms with Crippen LogP contribution in [0.3, 0.4) is 0 Å². The molecule has 8 heteroatoms. The summed E-state index contributed by atoms with van der Waals surface area (Å²) in [6.45, 7) is 3.52. The molecule has 21 heavy (non-hydrogen) atoms. The van der Waals surface area contributed by atoms with Crippen LogP contribution in [0.4, 0.5) is 23.0 Å². The minimum absolute atomic E-state index is 0. The van der Waals surface area contributed by atoms with Crippen molar-refractivity contribution < 1.29 is 4.92 Å². The fourth-order valence-electron chi connectivity index (χ4n) is 1.35. The second-order valence-electron chi connectivity index (χ2n) is 4.12. The molecule has 0 spiro atoms. The van der Waals surface area contributed by atoms with Gasteiger partial charge in [-0.05, 0) is 31.5 Å². The topological polar surface area (TPSA) is 147 Å². The van der Waals surface area contributed by atoms with E-state index < -0.39 is 4.92 Å². The SMILES string of the molecule is C.Cc1cc(N)ncc1N.Cc1cc(N)ncc1[N+](=O)[O-]. The molecule has 0 fully saturated rings. The number of nitrogen functional groups attached to an aromatic ring is 3. The first kappa shape index (κ1) is 18.1. The number of rotatable bonds is 1. The second kappa shape index (κ2) is 7.63. The minimum atomic E-state index is -0.484. The van der Waals surface area contributed by atoms with Gasteiger partial charge in [-0.3, -0.25) is 10.1 Å². The summed E-state index contributed by atoms with van der Waals surface area (Å²) in [6, 6.07) is 3.22. The van der Waals surface area contributed by atoms with Gasteiger partial charge < -0.3 is 17.2 Å². The molecule has 0 saturated carbocycles. The van der Waals surface area contributed by atoms with E-state index in [4.69, 9.17) is 17.2 Å². The Morgan fingerprint density at radius 1 is 1.00 bits per heavy atom. The van der Waals surface area contributed by atoms with Crippen LogP contribution in [0.5, 0.6) is 0 Å². The summed E-state index contributed by atoms with van der Waals surface area (Å²) in [6.07, 6.45) is 2.72. The Morgan fingerprint density at radius 3 is 1.86 bits per heavy atom. The Hall–Kier alpha value is -2.90. The lowest BCUT2D eigenvalue weighted by atomic mass is 10.2. The molecule has 0 atom stereocenters. The Bertz CT molecular complexity index is 630. The number of nitro groups is 1. The third-order valence-corrected chi connectivity index (χ3v) is 2.47. The van der Waals surface area contributed by atoms with E-state index in [1.165, 1.54) is 6.07 Å². The van der Waals surface area contributed by atoms with Crippen molar-refractivity contribution in [3.8, 4) is 0 Å². The summed E-state index contributed by atoms with van der Waals surface area (Å²) in [7, 11) is 0. The van der Waals surface area contributed by atoms with Crippen molar-refractivity contribution in [2.24, 2.45) is 0 Å². The second-order valence-corrected chi connectivity index (χ2v) is 4.12. The molecule has 2 rings (SSSR count). The van der Waals surface area contributed by atoms with Crippen molar-refractivity contribution in [2.75, 3.05) is 17.2 Å². The summed E-state index contributed by atoms with van der Waals surface area (Å²) in [5.41, 5.74) is 18.3. The van der Waals surface area contributed by atoms with Crippen LogP contribution < -0.4 is 17.2 Å². The van der Waals surface area contributed by atoms with Crippen LogP contribution in [-0.4, -0.2) is 14.9 Å². The van der Waals surface area contributed by atoms with Gasteiger partial charge in [0.1, 0.15) is 17.8 Å². The summed E-state index contributed by atoms with van der Waals surface area (Å²) < 4.78 is 0. The third kappa shape index (κ3) is 5.31. The van der Waals surface area contributed by atoms with Crippen LogP contribution in [0.2, 0.25) is 0 Å². The molecule has 114 valence electrons. The molecule has 0 aliphatic heterocycles. The molecule has 0 radical (unpaired) electrons. The predicted molar refractivity (Wildman–Crippen MR) is 84.6 cm³/mol. The van der Waals surface area contributed by atoms with Gasteiger partial charge in [-0.15, -0.1) is 0 Å². The van der Waals surface area contributed by atoms with E-state index in [0.29, 0.717) is 22.9 Å². The van der Waals surface area contributed by atoms with E-state index in [1.54, 1.807) is 19.2 Å². The Morgan fingerprint density at radius 2 is 1.48 bits per heavy atom. The fraction of sp³-hybridized carbons (Fsp3) is 0.231. The van der Waals surface area contributed by atoms with Crippen molar-refractivity contribution in [3.05, 3.63) is 45.8 Å². The van der Waals surface area contributed by atoms with Crippen LogP contribution in [-0.2, 0) is 0 Å². The summed E-state index contributed by atoms with van der Waals surface area (Å²) in [5, 5.41) is 10.3. The maximum Gasteiger partial charge on any atom is 0.290 e. The molecule has 0 amide bonds. The number of nitrogens with zero attached hydrogens (tertiary/aromatic N) is 3. The Labute approximate surface area is 123 Å². The normalized spacial score (nSPS) is 9.05. The zero-order valence-electron chi connectivity index (χ0n) is 11.2. The molecule has 0 saturated heterocycles. The Balaban J connectivity index is 0.000000370. The maximum atomic E-state index is 10.3. The van der Waals surface area contributed by atoms with E-state index >= 15 is 0 Å². The van der Waals surface area contributed by atoms with E-state index in [-0.39, 0.29) is 13.1 Å². The first-order valence-corrected chi connectivity index (χ1v) is 5.65. The van der Waals surface area contributed by atoms with E-state index in [1.807, 2.05) is 6.92 Å². The van der Waals surface area contributed by atoms with Crippen molar-refractivity contribution >= 4 is 23.0 Å². The summed E-state index contributed by atoms with van der Waals surface area (Å²) in [4.78, 5) is 17.2. The molecule has 2 heterocycles. The quantitative estimate of drug-likeness (QED) is 0.538. The van der Waals surface area contributed by atoms with Crippen molar-refractivity contribution in [2.45, 2.75) is 21.3 Å². The standard InChI is InChI=1S/C6H7N3O2.C6H9N3.CH4/c1-4-2-6(7)8-3-5(4)9(10)11;1-4-2-6(8)9-3-5(4)7;/h2-3H,1H3,(H2,7,8);2-3H,7H2,1H3,(H2,8,9);1H4. The molecule has 6 N–H and O–H groups in total. The molecule has 0 bridgehead atoms. The van der Waals surface area contributed by atoms with Crippen LogP contribution in [0, 0.1) is 24.0 Å². The van der Waals surface area contributed by atoms with Crippen LogP contribution in [0.1, 0.15) is 18.6 Å². The van der Waals surface area contributed by atoms with Gasteiger partial charge in [0, 0.05) is 5.56 Å². The third-order valence-electron chi connectivity index (χ3n) is 2.47. The summed E-state index contributed by atoms with van der Waals surface area (Å²) >= 11 is 0. The minimum Gasteiger partial charge on any atom is -0.397 e. The molecule has 0 aliphatic carbocycles. The van der Waals surface area contributed by atoms with Gasteiger partial charge in [0.15, 0.2) is 0 Å². The zero-order chi connectivity index (χ0) is 15.3. The van der Waals surface area contributed by atoms with E-state index in [2.05, 4.69) is 9.97 Å². The number of aryl methyl sites for hydroxylation is 2. The van der Waals surface area contributed by atoms with Gasteiger partial charge in [-0.25, -0.2) is 9.97 Å². The maximum absolute atomic E-state index is 10.3. The van der Waals surface area contributed by atoms with Gasteiger partial charge in [0.2, 0.25) is 0 Å². The van der Waals surface area contributed by atoms with Crippen LogP contribution in [0.25, 0.3) is 0 Å². The smallest absolute Gasteiger partial charge is 0.290 e. The molecule has 0 aliphatic rings. The number of hydrogen-bond donors (Lipinski definition) is 3. The number of aromatic nitrogens is 2. The number of pyridine rings is 2. The molecule has 2 aromatic heterocycles. The largest absolute Gasteiger partial charge is 0.397 e. The zero-order valence-corrected chi connectivity index (χ0v) is 11.2. The van der Waals surface area contributed by atoms with E-state index in [9.17, 15) is 10.1 Å². The van der Waals surface area contributed by atoms with Crippen LogP contribution in [0.15, 0.2) is 24.5 Å². The molecule has 8 nitrogen and oxygen atoms in total. The first-order valence-electron chi connectivity index (χ1n) is 5.65. The molecular weight excluding hydrogens is 272 g/mol. The molecular formula is C13H20N6O2. The van der Waals surface area contributed by atoms with Gasteiger partial charge in [-0.1, -0.05) is 7.43 Å². The predicted octanol–water partition coefficient (Wildman–Crippen LogP) is 2.07. The Kier molecular flexibility index (Phi) is 6.58. The lowest BCUT2D eigenvalue weighted by Crippen LogP contribution is -1.96. The molecule has 0 unspecified atom stereocenters. The van der Waals surface area contributed by atoms with Crippen molar-refractivity contribution in [1.29, 1.82) is 0 Å². The average molecular weight is 292 g/mol. The highest BCUT2D eigenvalue weighted by atomic mass is 16.6.